The zero-order valence-corrected chi connectivity index (χ0v) is 10.9. The SMILES string of the molecule is CCOC(=O)c1cc(-c2ccc(OP)cc2)no1. The lowest BCUT2D eigenvalue weighted by atomic mass is 10.1. The smallest absolute Gasteiger partial charge is 0.377 e. The van der Waals surface area contributed by atoms with Crippen LogP contribution in [0, 0.1) is 0 Å². The normalized spacial score (nSPS) is 10.1. The molecule has 1 aromatic heterocycles. The molecule has 1 unspecified atom stereocenters. The highest BCUT2D eigenvalue weighted by Gasteiger charge is 2.14. The van der Waals surface area contributed by atoms with Crippen molar-refractivity contribution in [3.05, 3.63) is 36.1 Å². The van der Waals surface area contributed by atoms with Gasteiger partial charge in [0.15, 0.2) is 0 Å². The van der Waals surface area contributed by atoms with Crippen LogP contribution in [0.25, 0.3) is 11.3 Å². The Hall–Kier alpha value is -1.87. The maximum Gasteiger partial charge on any atom is 0.377 e. The highest BCUT2D eigenvalue weighted by atomic mass is 31.0. The number of rotatable bonds is 4. The fourth-order valence-corrected chi connectivity index (χ4v) is 1.57. The molecule has 0 N–H and O–H groups in total. The standard InChI is InChI=1S/C12H12NO4P/c1-2-15-12(14)11-7-10(13-16-11)8-3-5-9(17-18)6-4-8/h3-7H,2,18H2,1H3. The molecule has 0 fully saturated rings. The summed E-state index contributed by atoms with van der Waals surface area (Å²) in [5.41, 5.74) is 1.41. The molecule has 18 heavy (non-hydrogen) atoms. The maximum atomic E-state index is 11.4. The minimum absolute atomic E-state index is 0.0956. The van der Waals surface area contributed by atoms with Crippen molar-refractivity contribution in [3.63, 3.8) is 0 Å². The van der Waals surface area contributed by atoms with E-state index < -0.39 is 5.97 Å². The van der Waals surface area contributed by atoms with Crippen molar-refractivity contribution in [2.75, 3.05) is 6.61 Å². The largest absolute Gasteiger partial charge is 0.480 e. The molecule has 0 bridgehead atoms. The van der Waals surface area contributed by atoms with Crippen LogP contribution in [0.3, 0.4) is 0 Å². The fourth-order valence-electron chi connectivity index (χ4n) is 1.41. The number of carbonyl (C=O) groups is 1. The molecule has 6 heteroatoms. The molecular weight excluding hydrogens is 253 g/mol. The van der Waals surface area contributed by atoms with Crippen molar-refractivity contribution in [3.8, 4) is 17.0 Å². The number of nitrogens with zero attached hydrogens (tertiary/aromatic N) is 1. The van der Waals surface area contributed by atoms with Gasteiger partial charge in [-0.3, -0.25) is 0 Å². The summed E-state index contributed by atoms with van der Waals surface area (Å²) in [5, 5.41) is 3.82. The van der Waals surface area contributed by atoms with Gasteiger partial charge in [-0.15, -0.1) is 0 Å². The summed E-state index contributed by atoms with van der Waals surface area (Å²) in [6.45, 7) is 2.03. The molecule has 2 rings (SSSR count). The van der Waals surface area contributed by atoms with Gasteiger partial charge in [-0.1, -0.05) is 5.16 Å². The second-order valence-corrected chi connectivity index (χ2v) is 3.67. The van der Waals surface area contributed by atoms with Crippen molar-refractivity contribution < 1.29 is 18.6 Å². The van der Waals surface area contributed by atoms with Crippen LogP contribution in [0.15, 0.2) is 34.9 Å². The molecule has 1 aromatic carbocycles. The average molecular weight is 265 g/mol. The van der Waals surface area contributed by atoms with Crippen LogP contribution >= 0.6 is 9.47 Å². The van der Waals surface area contributed by atoms with Gasteiger partial charge in [0, 0.05) is 11.6 Å². The number of aromatic nitrogens is 1. The molecule has 2 aromatic rings. The number of hydrogen-bond donors (Lipinski definition) is 0. The van der Waals surface area contributed by atoms with Crippen molar-refractivity contribution in [1.29, 1.82) is 0 Å². The van der Waals surface area contributed by atoms with E-state index in [1.54, 1.807) is 25.1 Å². The number of benzene rings is 1. The molecule has 0 aliphatic heterocycles. The average Bonchev–Trinajstić information content (AvgIpc) is 2.89. The summed E-state index contributed by atoms with van der Waals surface area (Å²) < 4.78 is 14.7. The molecule has 1 heterocycles. The van der Waals surface area contributed by atoms with E-state index in [2.05, 4.69) is 14.6 Å². The van der Waals surface area contributed by atoms with Crippen molar-refractivity contribution in [2.45, 2.75) is 6.92 Å². The molecule has 0 saturated heterocycles. The van der Waals surface area contributed by atoms with E-state index in [0.29, 0.717) is 12.3 Å². The summed E-state index contributed by atoms with van der Waals surface area (Å²) in [5.74, 6) is 0.303. The van der Waals surface area contributed by atoms with E-state index in [1.165, 1.54) is 0 Å². The topological polar surface area (TPSA) is 61.6 Å². The summed E-state index contributed by atoms with van der Waals surface area (Å²) in [4.78, 5) is 11.4. The van der Waals surface area contributed by atoms with E-state index in [4.69, 9.17) is 13.8 Å². The Labute approximate surface area is 106 Å². The third kappa shape index (κ3) is 2.68. The third-order valence-electron chi connectivity index (χ3n) is 2.27. The van der Waals surface area contributed by atoms with Gasteiger partial charge in [-0.2, -0.15) is 0 Å². The molecule has 94 valence electrons. The van der Waals surface area contributed by atoms with Crippen LogP contribution < -0.4 is 4.52 Å². The predicted molar refractivity (Wildman–Crippen MR) is 68.2 cm³/mol. The molecule has 0 radical (unpaired) electrons. The predicted octanol–water partition coefficient (Wildman–Crippen LogP) is 2.69. The lowest BCUT2D eigenvalue weighted by Gasteiger charge is -1.99. The minimum Gasteiger partial charge on any atom is -0.480 e. The number of esters is 1. The van der Waals surface area contributed by atoms with E-state index in [9.17, 15) is 4.79 Å². The van der Waals surface area contributed by atoms with E-state index in [0.717, 1.165) is 11.3 Å². The zero-order chi connectivity index (χ0) is 13.0. The highest BCUT2D eigenvalue weighted by Crippen LogP contribution is 2.23. The Balaban J connectivity index is 2.20. The lowest BCUT2D eigenvalue weighted by Crippen LogP contribution is -2.02. The summed E-state index contributed by atoms with van der Waals surface area (Å²) in [6.07, 6.45) is 0. The summed E-state index contributed by atoms with van der Waals surface area (Å²) in [6, 6.07) is 8.79. The monoisotopic (exact) mass is 265 g/mol. The van der Waals surface area contributed by atoms with Crippen LogP contribution in [0.4, 0.5) is 0 Å². The van der Waals surface area contributed by atoms with Crippen molar-refractivity contribution >= 4 is 15.4 Å². The Morgan fingerprint density at radius 1 is 1.39 bits per heavy atom. The van der Waals surface area contributed by atoms with Crippen molar-refractivity contribution in [2.24, 2.45) is 0 Å². The lowest BCUT2D eigenvalue weighted by molar-refractivity contribution is 0.0480. The van der Waals surface area contributed by atoms with Crippen LogP contribution in [-0.2, 0) is 4.74 Å². The molecular formula is C12H12NO4P. The zero-order valence-electron chi connectivity index (χ0n) is 9.75. The first-order valence-electron chi connectivity index (χ1n) is 5.35. The maximum absolute atomic E-state index is 11.4. The van der Waals surface area contributed by atoms with Gasteiger partial charge >= 0.3 is 5.97 Å². The molecule has 0 aliphatic rings. The van der Waals surface area contributed by atoms with Gasteiger partial charge < -0.3 is 13.8 Å². The van der Waals surface area contributed by atoms with Gasteiger partial charge in [0.25, 0.3) is 0 Å². The van der Waals surface area contributed by atoms with E-state index in [1.807, 2.05) is 12.1 Å². The Morgan fingerprint density at radius 2 is 2.11 bits per heavy atom. The molecule has 5 nitrogen and oxygen atoms in total. The second-order valence-electron chi connectivity index (χ2n) is 3.44. The molecule has 1 atom stereocenters. The second kappa shape index (κ2) is 5.65. The first-order valence-corrected chi connectivity index (χ1v) is 5.82. The molecule has 0 aliphatic carbocycles. The number of carbonyl (C=O) groups excluding carboxylic acids is 1. The fraction of sp³-hybridized carbons (Fsp3) is 0.167. The molecule has 0 spiro atoms. The van der Waals surface area contributed by atoms with Crippen LogP contribution in [-0.4, -0.2) is 17.7 Å². The first-order chi connectivity index (χ1) is 8.74. The quantitative estimate of drug-likeness (QED) is 0.628. The van der Waals surface area contributed by atoms with Crippen LogP contribution in [0.2, 0.25) is 0 Å². The summed E-state index contributed by atoms with van der Waals surface area (Å²) >= 11 is 0. The highest BCUT2D eigenvalue weighted by molar-refractivity contribution is 7.10. The van der Waals surface area contributed by atoms with Crippen LogP contribution in [0.5, 0.6) is 5.75 Å². The van der Waals surface area contributed by atoms with Gasteiger partial charge in [0.05, 0.1) is 16.1 Å². The summed E-state index contributed by atoms with van der Waals surface area (Å²) in [7, 11) is 2.17. The Morgan fingerprint density at radius 3 is 2.72 bits per heavy atom. The minimum atomic E-state index is -0.513. The van der Waals surface area contributed by atoms with Gasteiger partial charge in [-0.05, 0) is 31.2 Å². The third-order valence-corrected chi connectivity index (χ3v) is 2.55. The number of hydrogen-bond acceptors (Lipinski definition) is 5. The van der Waals surface area contributed by atoms with Crippen LogP contribution in [0.1, 0.15) is 17.5 Å². The van der Waals surface area contributed by atoms with Gasteiger partial charge in [-0.25, -0.2) is 4.79 Å². The molecule has 0 saturated carbocycles. The van der Waals surface area contributed by atoms with Crippen molar-refractivity contribution in [1.82, 2.24) is 5.16 Å². The Kier molecular flexibility index (Phi) is 3.95. The van der Waals surface area contributed by atoms with Gasteiger partial charge in [0.2, 0.25) is 5.76 Å². The van der Waals surface area contributed by atoms with E-state index in [-0.39, 0.29) is 5.76 Å². The van der Waals surface area contributed by atoms with E-state index >= 15 is 0 Å². The number of ether oxygens (including phenoxy) is 1. The van der Waals surface area contributed by atoms with Gasteiger partial charge in [0.1, 0.15) is 11.4 Å². The Bertz CT molecular complexity index is 535. The first kappa shape index (κ1) is 12.6. The molecule has 0 amide bonds.